The summed E-state index contributed by atoms with van der Waals surface area (Å²) in [6.07, 6.45) is 7.25. The van der Waals surface area contributed by atoms with Crippen LogP contribution in [0.25, 0.3) is 0 Å². The van der Waals surface area contributed by atoms with Gasteiger partial charge in [0, 0.05) is 37.4 Å². The van der Waals surface area contributed by atoms with Crippen LogP contribution in [0.15, 0.2) is 47.0 Å². The maximum absolute atomic E-state index is 4.39. The van der Waals surface area contributed by atoms with Gasteiger partial charge in [0.15, 0.2) is 5.96 Å². The molecular weight excluding hydrogens is 481 g/mol. The van der Waals surface area contributed by atoms with Crippen molar-refractivity contribution in [2.45, 2.75) is 32.2 Å². The average molecular weight is 513 g/mol. The molecule has 2 aromatic heterocycles. The van der Waals surface area contributed by atoms with E-state index in [1.54, 1.807) is 0 Å². The summed E-state index contributed by atoms with van der Waals surface area (Å²) in [5, 5.41) is 9.14. The van der Waals surface area contributed by atoms with Crippen molar-refractivity contribution in [2.24, 2.45) is 10.9 Å². The topological polar surface area (TPSA) is 52.6 Å². The second-order valence-electron chi connectivity index (χ2n) is 7.24. The van der Waals surface area contributed by atoms with Crippen LogP contribution in [0.5, 0.6) is 0 Å². The molecule has 1 fully saturated rings. The molecule has 0 aromatic carbocycles. The van der Waals surface area contributed by atoms with Crippen LogP contribution >= 0.6 is 35.3 Å². The fraction of sp³-hybridized carbons (Fsp3) is 0.524. The van der Waals surface area contributed by atoms with Gasteiger partial charge < -0.3 is 10.6 Å². The van der Waals surface area contributed by atoms with Crippen molar-refractivity contribution < 1.29 is 0 Å². The number of guanidine groups is 1. The quantitative estimate of drug-likeness (QED) is 0.335. The number of nitrogens with zero attached hydrogens (tertiary/aromatic N) is 3. The summed E-state index contributed by atoms with van der Waals surface area (Å²) < 4.78 is 0. The number of piperidine rings is 1. The minimum absolute atomic E-state index is 0. The van der Waals surface area contributed by atoms with E-state index in [1.807, 2.05) is 36.8 Å². The van der Waals surface area contributed by atoms with E-state index >= 15 is 0 Å². The van der Waals surface area contributed by atoms with Gasteiger partial charge in [-0.2, -0.15) is 0 Å². The Labute approximate surface area is 190 Å². The van der Waals surface area contributed by atoms with Crippen molar-refractivity contribution in [2.75, 3.05) is 33.2 Å². The van der Waals surface area contributed by atoms with Crippen LogP contribution in [0.1, 0.15) is 36.2 Å². The Bertz CT molecular complexity index is 684. The van der Waals surface area contributed by atoms with Gasteiger partial charge in [0.1, 0.15) is 0 Å². The van der Waals surface area contributed by atoms with Gasteiger partial charge in [0.25, 0.3) is 0 Å². The number of hydrogen-bond donors (Lipinski definition) is 2. The molecule has 1 saturated heterocycles. The highest BCUT2D eigenvalue weighted by Gasteiger charge is 2.25. The molecule has 0 aliphatic carbocycles. The van der Waals surface area contributed by atoms with E-state index in [9.17, 15) is 0 Å². The third-order valence-electron chi connectivity index (χ3n) is 5.25. The van der Waals surface area contributed by atoms with Gasteiger partial charge >= 0.3 is 0 Å². The molecule has 0 bridgehead atoms. The third kappa shape index (κ3) is 7.00. The van der Waals surface area contributed by atoms with Crippen molar-refractivity contribution >= 4 is 41.3 Å². The largest absolute Gasteiger partial charge is 0.356 e. The highest BCUT2D eigenvalue weighted by atomic mass is 127. The van der Waals surface area contributed by atoms with Gasteiger partial charge in [0.2, 0.25) is 0 Å². The maximum atomic E-state index is 4.39. The molecule has 3 heterocycles. The summed E-state index contributed by atoms with van der Waals surface area (Å²) in [5.74, 6) is 1.71. The Balaban J connectivity index is 0.00000280. The second kappa shape index (κ2) is 12.4. The average Bonchev–Trinajstić information content (AvgIpc) is 3.23. The highest BCUT2D eigenvalue weighted by molar-refractivity contribution is 14.0. The minimum atomic E-state index is 0. The predicted molar refractivity (Wildman–Crippen MR) is 130 cm³/mol. The lowest BCUT2D eigenvalue weighted by molar-refractivity contribution is 0.140. The Morgan fingerprint density at radius 3 is 2.75 bits per heavy atom. The van der Waals surface area contributed by atoms with Crippen molar-refractivity contribution in [1.29, 1.82) is 0 Å². The van der Waals surface area contributed by atoms with Gasteiger partial charge in [-0.25, -0.2) is 0 Å². The van der Waals surface area contributed by atoms with E-state index < -0.39 is 0 Å². The number of aromatic nitrogens is 1. The molecule has 7 heteroatoms. The number of halogens is 1. The fourth-order valence-corrected chi connectivity index (χ4v) is 4.38. The number of likely N-dealkylation sites (tertiary alicyclic amines) is 1. The monoisotopic (exact) mass is 513 g/mol. The van der Waals surface area contributed by atoms with Gasteiger partial charge in [-0.1, -0.05) is 19.1 Å². The molecule has 1 unspecified atom stereocenters. The van der Waals surface area contributed by atoms with Gasteiger partial charge in [-0.15, -0.1) is 35.3 Å². The Kier molecular flexibility index (Phi) is 10.2. The van der Waals surface area contributed by atoms with Crippen molar-refractivity contribution in [3.8, 4) is 0 Å². The first-order chi connectivity index (χ1) is 13.3. The van der Waals surface area contributed by atoms with E-state index in [0.29, 0.717) is 6.04 Å². The molecule has 1 aliphatic rings. The molecule has 3 rings (SSSR count). The Hall–Kier alpha value is -1.19. The number of hydrogen-bond acceptors (Lipinski definition) is 4. The molecular formula is C21H32IN5S. The molecule has 28 heavy (non-hydrogen) atoms. The van der Waals surface area contributed by atoms with E-state index in [-0.39, 0.29) is 24.0 Å². The summed E-state index contributed by atoms with van der Waals surface area (Å²) in [4.78, 5) is 12.6. The predicted octanol–water partition coefficient (Wildman–Crippen LogP) is 3.94. The lowest BCUT2D eigenvalue weighted by Gasteiger charge is -2.36. The lowest BCUT2D eigenvalue weighted by atomic mass is 9.97. The lowest BCUT2D eigenvalue weighted by Crippen LogP contribution is -2.45. The summed E-state index contributed by atoms with van der Waals surface area (Å²) in [5.41, 5.74) is 1.24. The van der Waals surface area contributed by atoms with Crippen LogP contribution in [-0.2, 0) is 6.42 Å². The first-order valence-corrected chi connectivity index (χ1v) is 10.7. The number of thiophene rings is 1. The van der Waals surface area contributed by atoms with E-state index in [1.165, 1.54) is 36.4 Å². The smallest absolute Gasteiger partial charge is 0.191 e. The standard InChI is InChI=1S/C21H31N5S.HI/c1-17-8-12-26(13-9-17)19(20-6-4-14-27-20)16-25-21(22-2)24-11-7-18-5-3-10-23-15-18;/h3-6,10,14-15,17,19H,7-9,11-13,16H2,1-2H3,(H2,22,24,25);1H. The van der Waals surface area contributed by atoms with Gasteiger partial charge in [-0.3, -0.25) is 14.9 Å². The zero-order chi connectivity index (χ0) is 18.9. The van der Waals surface area contributed by atoms with Gasteiger partial charge in [-0.05, 0) is 61.3 Å². The minimum Gasteiger partial charge on any atom is -0.356 e. The first kappa shape index (κ1) is 23.1. The van der Waals surface area contributed by atoms with E-state index in [0.717, 1.165) is 31.4 Å². The van der Waals surface area contributed by atoms with Crippen molar-refractivity contribution in [3.05, 3.63) is 52.5 Å². The number of nitrogens with one attached hydrogen (secondary N) is 2. The third-order valence-corrected chi connectivity index (χ3v) is 6.22. The van der Waals surface area contributed by atoms with Crippen LogP contribution in [-0.4, -0.2) is 49.1 Å². The zero-order valence-electron chi connectivity index (χ0n) is 16.8. The molecule has 154 valence electrons. The van der Waals surface area contributed by atoms with E-state index in [4.69, 9.17) is 0 Å². The Morgan fingerprint density at radius 2 is 2.11 bits per heavy atom. The van der Waals surface area contributed by atoms with Crippen LogP contribution in [0.2, 0.25) is 0 Å². The number of aliphatic imine (C=N–C) groups is 1. The first-order valence-electron chi connectivity index (χ1n) is 9.87. The summed E-state index contributed by atoms with van der Waals surface area (Å²) in [6.45, 7) is 6.44. The molecule has 0 saturated carbocycles. The zero-order valence-corrected chi connectivity index (χ0v) is 20.0. The van der Waals surface area contributed by atoms with Crippen LogP contribution < -0.4 is 10.6 Å². The van der Waals surface area contributed by atoms with Crippen molar-refractivity contribution in [1.82, 2.24) is 20.5 Å². The van der Waals surface area contributed by atoms with E-state index in [2.05, 4.69) is 56.0 Å². The van der Waals surface area contributed by atoms with Crippen LogP contribution in [0, 0.1) is 5.92 Å². The molecule has 1 atom stereocenters. The highest BCUT2D eigenvalue weighted by Crippen LogP contribution is 2.28. The number of pyridine rings is 1. The number of rotatable bonds is 7. The molecule has 2 N–H and O–H groups in total. The van der Waals surface area contributed by atoms with Gasteiger partial charge in [0.05, 0.1) is 6.04 Å². The van der Waals surface area contributed by atoms with Crippen molar-refractivity contribution in [3.63, 3.8) is 0 Å². The SMILES string of the molecule is CN=C(NCCc1cccnc1)NCC(c1cccs1)N1CCC(C)CC1.I. The molecule has 2 aromatic rings. The summed E-state index contributed by atoms with van der Waals surface area (Å²) in [6, 6.07) is 8.91. The second-order valence-corrected chi connectivity index (χ2v) is 8.22. The molecule has 1 aliphatic heterocycles. The van der Waals surface area contributed by atoms with Crippen LogP contribution in [0.4, 0.5) is 0 Å². The van der Waals surface area contributed by atoms with Crippen LogP contribution in [0.3, 0.4) is 0 Å². The normalized spacial score (nSPS) is 17.0. The molecule has 0 amide bonds. The Morgan fingerprint density at radius 1 is 1.29 bits per heavy atom. The molecule has 5 nitrogen and oxygen atoms in total. The molecule has 0 radical (unpaired) electrons. The summed E-state index contributed by atoms with van der Waals surface area (Å²) >= 11 is 1.85. The summed E-state index contributed by atoms with van der Waals surface area (Å²) in [7, 11) is 1.84. The fourth-order valence-electron chi connectivity index (χ4n) is 3.52. The maximum Gasteiger partial charge on any atom is 0.191 e. The molecule has 0 spiro atoms.